The molecule has 0 saturated heterocycles. The Labute approximate surface area is 79.0 Å². The molecule has 1 unspecified atom stereocenters. The van der Waals surface area contributed by atoms with Crippen LogP contribution in [0.3, 0.4) is 0 Å². The molecular formula is C10H15N3. The van der Waals surface area contributed by atoms with Gasteiger partial charge in [-0.05, 0) is 32.4 Å². The normalized spacial score (nSPS) is 12.2. The van der Waals surface area contributed by atoms with Gasteiger partial charge < -0.3 is 5.43 Å². The smallest absolute Gasteiger partial charge is 0.128 e. The van der Waals surface area contributed by atoms with Gasteiger partial charge in [-0.1, -0.05) is 6.92 Å². The van der Waals surface area contributed by atoms with E-state index in [1.165, 1.54) is 0 Å². The quantitative estimate of drug-likeness (QED) is 0.766. The summed E-state index contributed by atoms with van der Waals surface area (Å²) in [4.78, 5) is 0. The van der Waals surface area contributed by atoms with Crippen LogP contribution in [0, 0.1) is 25.2 Å². The van der Waals surface area contributed by atoms with E-state index >= 15 is 0 Å². The minimum Gasteiger partial charge on any atom is -0.309 e. The number of aryl methyl sites for hydroxylation is 2. The fourth-order valence-corrected chi connectivity index (χ4v) is 1.24. The summed E-state index contributed by atoms with van der Waals surface area (Å²) in [5.41, 5.74) is 5.41. The van der Waals surface area contributed by atoms with Crippen LogP contribution in [-0.4, -0.2) is 10.7 Å². The van der Waals surface area contributed by atoms with Gasteiger partial charge in [-0.15, -0.1) is 0 Å². The lowest BCUT2D eigenvalue weighted by atomic mass is 10.3. The Bertz CT molecular complexity index is 300. The van der Waals surface area contributed by atoms with Crippen LogP contribution in [0.2, 0.25) is 0 Å². The van der Waals surface area contributed by atoms with Gasteiger partial charge in [0.15, 0.2) is 0 Å². The summed E-state index contributed by atoms with van der Waals surface area (Å²) in [6.07, 6.45) is 0.813. The van der Waals surface area contributed by atoms with E-state index in [-0.39, 0.29) is 6.04 Å². The summed E-state index contributed by atoms with van der Waals surface area (Å²) in [6.45, 7) is 6.03. The number of nitrogens with one attached hydrogen (secondary N) is 1. The molecule has 1 rings (SSSR count). The summed E-state index contributed by atoms with van der Waals surface area (Å²) in [5.74, 6) is 0. The number of rotatable bonds is 3. The zero-order chi connectivity index (χ0) is 9.84. The van der Waals surface area contributed by atoms with E-state index in [1.807, 2.05) is 37.6 Å². The molecule has 0 aliphatic rings. The molecule has 0 spiro atoms. The maximum atomic E-state index is 8.78. The van der Waals surface area contributed by atoms with Gasteiger partial charge in [-0.2, -0.15) is 5.26 Å². The largest absolute Gasteiger partial charge is 0.309 e. The Morgan fingerprint density at radius 3 is 2.38 bits per heavy atom. The number of aromatic nitrogens is 1. The van der Waals surface area contributed by atoms with Gasteiger partial charge in [0, 0.05) is 11.4 Å². The monoisotopic (exact) mass is 177 g/mol. The van der Waals surface area contributed by atoms with E-state index in [4.69, 9.17) is 5.26 Å². The zero-order valence-electron chi connectivity index (χ0n) is 8.33. The highest BCUT2D eigenvalue weighted by molar-refractivity contribution is 5.17. The second-order valence-electron chi connectivity index (χ2n) is 3.17. The van der Waals surface area contributed by atoms with E-state index in [9.17, 15) is 0 Å². The lowest BCUT2D eigenvalue weighted by Gasteiger charge is -2.15. The molecule has 0 aromatic carbocycles. The van der Waals surface area contributed by atoms with Gasteiger partial charge in [0.25, 0.3) is 0 Å². The maximum absolute atomic E-state index is 8.78. The molecule has 3 heteroatoms. The molecule has 1 heterocycles. The highest BCUT2D eigenvalue weighted by atomic mass is 15.4. The molecule has 1 atom stereocenters. The van der Waals surface area contributed by atoms with Crippen molar-refractivity contribution >= 4 is 0 Å². The van der Waals surface area contributed by atoms with Crippen LogP contribution < -0.4 is 5.43 Å². The first-order valence-corrected chi connectivity index (χ1v) is 4.50. The molecule has 0 aliphatic carbocycles. The summed E-state index contributed by atoms with van der Waals surface area (Å²) in [6, 6.07) is 6.17. The SMILES string of the molecule is CCC(C#N)Nn1c(C)ccc1C. The maximum Gasteiger partial charge on any atom is 0.128 e. The second-order valence-corrected chi connectivity index (χ2v) is 3.17. The third-order valence-electron chi connectivity index (χ3n) is 2.12. The average Bonchev–Trinajstić information content (AvgIpc) is 2.44. The molecule has 70 valence electrons. The van der Waals surface area contributed by atoms with Crippen LogP contribution in [0.4, 0.5) is 0 Å². The van der Waals surface area contributed by atoms with Crippen molar-refractivity contribution < 1.29 is 0 Å². The van der Waals surface area contributed by atoms with E-state index in [0.29, 0.717) is 0 Å². The lowest BCUT2D eigenvalue weighted by Crippen LogP contribution is -2.27. The minimum atomic E-state index is -0.107. The van der Waals surface area contributed by atoms with E-state index < -0.39 is 0 Å². The van der Waals surface area contributed by atoms with Crippen molar-refractivity contribution in [2.45, 2.75) is 33.2 Å². The molecule has 1 aromatic rings. The van der Waals surface area contributed by atoms with Crippen molar-refractivity contribution in [2.75, 3.05) is 5.43 Å². The topological polar surface area (TPSA) is 40.8 Å². The molecule has 0 fully saturated rings. The molecule has 1 N–H and O–H groups in total. The Morgan fingerprint density at radius 1 is 1.46 bits per heavy atom. The fraction of sp³-hybridized carbons (Fsp3) is 0.500. The molecule has 1 aromatic heterocycles. The molecule has 0 saturated carbocycles. The van der Waals surface area contributed by atoms with Crippen molar-refractivity contribution in [1.82, 2.24) is 4.68 Å². The number of nitrogens with zero attached hydrogens (tertiary/aromatic N) is 2. The van der Waals surface area contributed by atoms with Crippen LogP contribution in [0.5, 0.6) is 0 Å². The van der Waals surface area contributed by atoms with E-state index in [2.05, 4.69) is 11.5 Å². The third kappa shape index (κ3) is 2.03. The van der Waals surface area contributed by atoms with Crippen molar-refractivity contribution in [2.24, 2.45) is 0 Å². The molecule has 3 nitrogen and oxygen atoms in total. The highest BCUT2D eigenvalue weighted by Gasteiger charge is 2.06. The van der Waals surface area contributed by atoms with E-state index in [1.54, 1.807) is 0 Å². The van der Waals surface area contributed by atoms with Gasteiger partial charge in [-0.25, -0.2) is 0 Å². The molecule has 0 radical (unpaired) electrons. The molecule has 13 heavy (non-hydrogen) atoms. The molecular weight excluding hydrogens is 162 g/mol. The Morgan fingerprint density at radius 2 is 2.00 bits per heavy atom. The van der Waals surface area contributed by atoms with Crippen molar-refractivity contribution in [3.63, 3.8) is 0 Å². The Hall–Kier alpha value is -1.43. The highest BCUT2D eigenvalue weighted by Crippen LogP contribution is 2.05. The molecule has 0 aliphatic heterocycles. The van der Waals surface area contributed by atoms with Crippen LogP contribution >= 0.6 is 0 Å². The standard InChI is InChI=1S/C10H15N3/c1-4-10(7-11)12-13-8(2)5-6-9(13)3/h5-6,10,12H,4H2,1-3H3. The van der Waals surface area contributed by atoms with Gasteiger partial charge in [0.1, 0.15) is 6.04 Å². The van der Waals surface area contributed by atoms with Gasteiger partial charge in [-0.3, -0.25) is 4.68 Å². The number of hydrogen-bond acceptors (Lipinski definition) is 2. The molecule has 0 bridgehead atoms. The third-order valence-corrected chi connectivity index (χ3v) is 2.12. The summed E-state index contributed by atoms with van der Waals surface area (Å²) in [5, 5.41) is 8.78. The van der Waals surface area contributed by atoms with Crippen LogP contribution in [-0.2, 0) is 0 Å². The first kappa shape index (κ1) is 9.66. The van der Waals surface area contributed by atoms with Crippen molar-refractivity contribution in [3.05, 3.63) is 23.5 Å². The number of hydrogen-bond donors (Lipinski definition) is 1. The summed E-state index contributed by atoms with van der Waals surface area (Å²) < 4.78 is 1.96. The minimum absolute atomic E-state index is 0.107. The lowest BCUT2D eigenvalue weighted by molar-refractivity contribution is 0.699. The van der Waals surface area contributed by atoms with Crippen molar-refractivity contribution in [3.8, 4) is 6.07 Å². The first-order valence-electron chi connectivity index (χ1n) is 4.50. The predicted octanol–water partition coefficient (Wildman–Crippen LogP) is 1.95. The fourth-order valence-electron chi connectivity index (χ4n) is 1.24. The van der Waals surface area contributed by atoms with Crippen LogP contribution in [0.25, 0.3) is 0 Å². The second kappa shape index (κ2) is 3.99. The van der Waals surface area contributed by atoms with Gasteiger partial charge in [0.05, 0.1) is 6.07 Å². The first-order chi connectivity index (χ1) is 6.19. The molecule has 0 amide bonds. The Kier molecular flexibility index (Phi) is 2.97. The zero-order valence-corrected chi connectivity index (χ0v) is 8.33. The van der Waals surface area contributed by atoms with Gasteiger partial charge >= 0.3 is 0 Å². The number of nitriles is 1. The van der Waals surface area contributed by atoms with Crippen LogP contribution in [0.1, 0.15) is 24.7 Å². The van der Waals surface area contributed by atoms with Crippen LogP contribution in [0.15, 0.2) is 12.1 Å². The van der Waals surface area contributed by atoms with E-state index in [0.717, 1.165) is 17.8 Å². The van der Waals surface area contributed by atoms with Gasteiger partial charge in [0.2, 0.25) is 0 Å². The summed E-state index contributed by atoms with van der Waals surface area (Å²) in [7, 11) is 0. The Balaban J connectivity index is 2.79. The van der Waals surface area contributed by atoms with Crippen molar-refractivity contribution in [1.29, 1.82) is 5.26 Å². The predicted molar refractivity (Wildman–Crippen MR) is 53.0 cm³/mol. The summed E-state index contributed by atoms with van der Waals surface area (Å²) >= 11 is 0. The average molecular weight is 177 g/mol.